The van der Waals surface area contributed by atoms with Gasteiger partial charge in [-0.15, -0.1) is 11.3 Å². The van der Waals surface area contributed by atoms with E-state index in [2.05, 4.69) is 6.92 Å². The van der Waals surface area contributed by atoms with Gasteiger partial charge in [0.1, 0.15) is 5.75 Å². The van der Waals surface area contributed by atoms with Crippen LogP contribution in [0.5, 0.6) is 5.75 Å². The maximum Gasteiger partial charge on any atom is 0.124 e. The number of phenolic OH excluding ortho intramolecular Hbond substituents is 1. The Hall–Kier alpha value is -1.02. The normalized spacial score (nSPS) is 10.8. The molecule has 0 aliphatic carbocycles. The highest BCUT2D eigenvalue weighted by Gasteiger charge is 2.07. The molecule has 0 radical (unpaired) electrons. The van der Waals surface area contributed by atoms with Crippen LogP contribution < -0.4 is 0 Å². The predicted molar refractivity (Wildman–Crippen MR) is 53.0 cm³/mol. The minimum absolute atomic E-state index is 0.398. The van der Waals surface area contributed by atoms with E-state index in [0.717, 1.165) is 5.39 Å². The second kappa shape index (κ2) is 2.49. The third-order valence-electron chi connectivity index (χ3n) is 2.17. The lowest BCUT2D eigenvalue weighted by Crippen LogP contribution is -1.71. The average molecular weight is 178 g/mol. The molecule has 0 aliphatic rings. The van der Waals surface area contributed by atoms with Crippen LogP contribution in [0.3, 0.4) is 0 Å². The summed E-state index contributed by atoms with van der Waals surface area (Å²) >= 11 is 1.73. The molecule has 1 nitrogen and oxygen atoms in total. The number of phenols is 1. The van der Waals surface area contributed by atoms with Gasteiger partial charge in [0.2, 0.25) is 0 Å². The van der Waals surface area contributed by atoms with Crippen molar-refractivity contribution in [3.05, 3.63) is 28.6 Å². The van der Waals surface area contributed by atoms with Crippen molar-refractivity contribution in [1.82, 2.24) is 0 Å². The van der Waals surface area contributed by atoms with Gasteiger partial charge in [0.05, 0.1) is 0 Å². The number of benzene rings is 1. The predicted octanol–water partition coefficient (Wildman–Crippen LogP) is 3.22. The lowest BCUT2D eigenvalue weighted by molar-refractivity contribution is 0.481. The van der Waals surface area contributed by atoms with Gasteiger partial charge in [0, 0.05) is 15.0 Å². The van der Waals surface area contributed by atoms with Gasteiger partial charge in [0.15, 0.2) is 0 Å². The fourth-order valence-corrected chi connectivity index (χ4v) is 2.49. The summed E-state index contributed by atoms with van der Waals surface area (Å²) in [4.78, 5) is 1.28. The van der Waals surface area contributed by atoms with Crippen molar-refractivity contribution in [2.75, 3.05) is 0 Å². The molecule has 1 aromatic heterocycles. The molecule has 2 aromatic rings. The van der Waals surface area contributed by atoms with Crippen LogP contribution in [0, 0.1) is 13.8 Å². The number of rotatable bonds is 0. The Morgan fingerprint density at radius 3 is 2.67 bits per heavy atom. The van der Waals surface area contributed by atoms with Crippen molar-refractivity contribution >= 4 is 21.4 Å². The van der Waals surface area contributed by atoms with E-state index in [1.165, 1.54) is 15.1 Å². The second-order valence-electron chi connectivity index (χ2n) is 2.93. The van der Waals surface area contributed by atoms with E-state index in [4.69, 9.17) is 0 Å². The number of fused-ring (bicyclic) bond motifs is 1. The summed E-state index contributed by atoms with van der Waals surface area (Å²) in [7, 11) is 0. The van der Waals surface area contributed by atoms with E-state index in [9.17, 15) is 5.11 Å². The molecular weight excluding hydrogens is 168 g/mol. The van der Waals surface area contributed by atoms with Crippen molar-refractivity contribution in [2.45, 2.75) is 13.8 Å². The summed E-state index contributed by atoms with van der Waals surface area (Å²) in [5, 5.41) is 10.6. The highest BCUT2D eigenvalue weighted by atomic mass is 32.1. The monoisotopic (exact) mass is 178 g/mol. The Morgan fingerprint density at radius 2 is 2.00 bits per heavy atom. The van der Waals surface area contributed by atoms with Gasteiger partial charge in [-0.2, -0.15) is 0 Å². The summed E-state index contributed by atoms with van der Waals surface area (Å²) in [6, 6.07) is 5.66. The van der Waals surface area contributed by atoms with Gasteiger partial charge >= 0.3 is 0 Å². The van der Waals surface area contributed by atoms with Gasteiger partial charge in [0.25, 0.3) is 0 Å². The van der Waals surface area contributed by atoms with Gasteiger partial charge in [-0.3, -0.25) is 0 Å². The van der Waals surface area contributed by atoms with Gasteiger partial charge in [-0.25, -0.2) is 0 Å². The zero-order valence-electron chi connectivity index (χ0n) is 7.09. The molecule has 62 valence electrons. The lowest BCUT2D eigenvalue weighted by Gasteiger charge is -1.94. The summed E-state index contributed by atoms with van der Waals surface area (Å²) in [6.07, 6.45) is 0. The molecule has 0 spiro atoms. The maximum atomic E-state index is 9.57. The standard InChI is InChI=1S/C10H10OS/c1-6-7(2)12-9-5-3-4-8(11)10(6)9/h3-5,11H,1-2H3. The number of hydrogen-bond donors (Lipinski definition) is 1. The highest BCUT2D eigenvalue weighted by molar-refractivity contribution is 7.19. The zero-order valence-corrected chi connectivity index (χ0v) is 7.90. The first-order valence-corrected chi connectivity index (χ1v) is 4.69. The first kappa shape index (κ1) is 7.62. The molecule has 0 saturated heterocycles. The molecule has 2 rings (SSSR count). The van der Waals surface area contributed by atoms with Crippen LogP contribution in [-0.4, -0.2) is 5.11 Å². The van der Waals surface area contributed by atoms with Crippen LogP contribution in [0.2, 0.25) is 0 Å². The van der Waals surface area contributed by atoms with Crippen molar-refractivity contribution in [1.29, 1.82) is 0 Å². The third-order valence-corrected chi connectivity index (χ3v) is 3.34. The first-order chi connectivity index (χ1) is 5.70. The molecule has 1 N–H and O–H groups in total. The van der Waals surface area contributed by atoms with Crippen molar-refractivity contribution < 1.29 is 5.11 Å². The van der Waals surface area contributed by atoms with Crippen LogP contribution in [0.15, 0.2) is 18.2 Å². The van der Waals surface area contributed by atoms with E-state index in [1.807, 2.05) is 19.1 Å². The van der Waals surface area contributed by atoms with Crippen LogP contribution in [0.1, 0.15) is 10.4 Å². The van der Waals surface area contributed by atoms with Gasteiger partial charge in [-0.05, 0) is 31.5 Å². The van der Waals surface area contributed by atoms with E-state index in [-0.39, 0.29) is 0 Å². The molecule has 0 saturated carbocycles. The molecule has 0 fully saturated rings. The molecule has 1 aromatic carbocycles. The highest BCUT2D eigenvalue weighted by Crippen LogP contribution is 2.35. The SMILES string of the molecule is Cc1sc2cccc(O)c2c1C. The molecule has 0 amide bonds. The fourth-order valence-electron chi connectivity index (χ4n) is 1.40. The van der Waals surface area contributed by atoms with Crippen LogP contribution >= 0.6 is 11.3 Å². The molecule has 0 bridgehead atoms. The van der Waals surface area contributed by atoms with Crippen molar-refractivity contribution in [3.63, 3.8) is 0 Å². The summed E-state index contributed by atoms with van der Waals surface area (Å²) in [5.74, 6) is 0.398. The van der Waals surface area contributed by atoms with E-state index in [1.54, 1.807) is 17.4 Å². The van der Waals surface area contributed by atoms with Crippen molar-refractivity contribution in [3.8, 4) is 5.75 Å². The molecule has 0 atom stereocenters. The molecule has 2 heteroatoms. The molecule has 1 heterocycles. The molecule has 0 aliphatic heterocycles. The topological polar surface area (TPSA) is 20.2 Å². The van der Waals surface area contributed by atoms with E-state index >= 15 is 0 Å². The lowest BCUT2D eigenvalue weighted by atomic mass is 10.1. The third kappa shape index (κ3) is 0.916. The molecular formula is C10H10OS. The van der Waals surface area contributed by atoms with Gasteiger partial charge in [-0.1, -0.05) is 6.07 Å². The average Bonchev–Trinajstić information content (AvgIpc) is 2.29. The largest absolute Gasteiger partial charge is 0.507 e. The number of hydrogen-bond acceptors (Lipinski definition) is 2. The smallest absolute Gasteiger partial charge is 0.124 e. The van der Waals surface area contributed by atoms with E-state index in [0.29, 0.717) is 5.75 Å². The Bertz CT molecular complexity index is 429. The van der Waals surface area contributed by atoms with E-state index < -0.39 is 0 Å². The van der Waals surface area contributed by atoms with Gasteiger partial charge < -0.3 is 5.11 Å². The van der Waals surface area contributed by atoms with Crippen LogP contribution in [0.25, 0.3) is 10.1 Å². The minimum atomic E-state index is 0.398. The number of aromatic hydroxyl groups is 1. The molecule has 12 heavy (non-hydrogen) atoms. The van der Waals surface area contributed by atoms with Crippen LogP contribution in [0.4, 0.5) is 0 Å². The fraction of sp³-hybridized carbons (Fsp3) is 0.200. The number of aryl methyl sites for hydroxylation is 2. The second-order valence-corrected chi connectivity index (χ2v) is 4.19. The quantitative estimate of drug-likeness (QED) is 0.656. The maximum absolute atomic E-state index is 9.57. The Kier molecular flexibility index (Phi) is 1.58. The Labute approximate surface area is 75.3 Å². The zero-order chi connectivity index (χ0) is 8.72. The Balaban J connectivity index is 2.97. The summed E-state index contributed by atoms with van der Waals surface area (Å²) < 4.78 is 1.17. The Morgan fingerprint density at radius 1 is 1.25 bits per heavy atom. The number of thiophene rings is 1. The van der Waals surface area contributed by atoms with Crippen molar-refractivity contribution in [2.24, 2.45) is 0 Å². The minimum Gasteiger partial charge on any atom is -0.507 e. The molecule has 0 unspecified atom stereocenters. The van der Waals surface area contributed by atoms with Crippen LogP contribution in [-0.2, 0) is 0 Å². The summed E-state index contributed by atoms with van der Waals surface area (Å²) in [6.45, 7) is 4.13. The first-order valence-electron chi connectivity index (χ1n) is 3.88. The summed E-state index contributed by atoms with van der Waals surface area (Å²) in [5.41, 5.74) is 1.20.